The summed E-state index contributed by atoms with van der Waals surface area (Å²) in [5, 5.41) is 17.3. The molecule has 1 saturated heterocycles. The Hall–Kier alpha value is -1.74. The van der Waals surface area contributed by atoms with Gasteiger partial charge in [0.25, 0.3) is 0 Å². The second kappa shape index (κ2) is 5.71. The Balaban J connectivity index is 1.82. The fourth-order valence-corrected chi connectivity index (χ4v) is 3.12. The maximum atomic E-state index is 9.34. The molecule has 1 aromatic rings. The van der Waals surface area contributed by atoms with Crippen molar-refractivity contribution in [3.05, 3.63) is 5.56 Å². The van der Waals surface area contributed by atoms with E-state index in [1.807, 2.05) is 4.68 Å². The molecular weight excluding hydrogens is 254 g/mol. The molecule has 2 heterocycles. The molecule has 2 fully saturated rings. The van der Waals surface area contributed by atoms with Gasteiger partial charge in [-0.1, -0.05) is 12.8 Å². The summed E-state index contributed by atoms with van der Waals surface area (Å²) in [7, 11) is 0. The molecule has 6 nitrogen and oxygen atoms in total. The van der Waals surface area contributed by atoms with Gasteiger partial charge in [0.1, 0.15) is 17.5 Å². The van der Waals surface area contributed by atoms with E-state index in [-0.39, 0.29) is 0 Å². The van der Waals surface area contributed by atoms with E-state index in [1.165, 1.54) is 12.8 Å². The van der Waals surface area contributed by atoms with Gasteiger partial charge < -0.3 is 15.8 Å². The van der Waals surface area contributed by atoms with Crippen molar-refractivity contribution in [2.45, 2.75) is 50.6 Å². The number of aromatic nitrogens is 2. The largest absolute Gasteiger partial charge is 0.383 e. The Morgan fingerprint density at radius 3 is 2.60 bits per heavy atom. The number of nitrogens with two attached hydrogens (primary N) is 1. The third-order valence-corrected chi connectivity index (χ3v) is 4.29. The van der Waals surface area contributed by atoms with Crippen molar-refractivity contribution in [2.75, 3.05) is 24.3 Å². The first-order valence-electron chi connectivity index (χ1n) is 7.42. The Kier molecular flexibility index (Phi) is 3.79. The van der Waals surface area contributed by atoms with Crippen LogP contribution in [0.25, 0.3) is 0 Å². The Morgan fingerprint density at radius 2 is 1.95 bits per heavy atom. The van der Waals surface area contributed by atoms with Crippen LogP contribution in [0.3, 0.4) is 0 Å². The molecule has 6 heteroatoms. The number of anilines is 2. The molecule has 108 valence electrons. The third-order valence-electron chi connectivity index (χ3n) is 4.29. The maximum absolute atomic E-state index is 9.34. The molecule has 1 aromatic heterocycles. The molecule has 1 aliphatic carbocycles. The summed E-state index contributed by atoms with van der Waals surface area (Å²) in [4.78, 5) is 0. The van der Waals surface area contributed by atoms with Crippen molar-refractivity contribution in [3.63, 3.8) is 0 Å². The van der Waals surface area contributed by atoms with Crippen LogP contribution < -0.4 is 11.1 Å². The van der Waals surface area contributed by atoms with Crippen LogP contribution in [-0.2, 0) is 4.74 Å². The van der Waals surface area contributed by atoms with Crippen LogP contribution in [-0.4, -0.2) is 29.0 Å². The zero-order chi connectivity index (χ0) is 13.9. The van der Waals surface area contributed by atoms with Crippen LogP contribution in [0.4, 0.5) is 11.6 Å². The van der Waals surface area contributed by atoms with Crippen molar-refractivity contribution in [2.24, 2.45) is 0 Å². The molecule has 0 aromatic carbocycles. The van der Waals surface area contributed by atoms with Gasteiger partial charge in [0.05, 0.1) is 6.04 Å². The van der Waals surface area contributed by atoms with Crippen molar-refractivity contribution in [1.29, 1.82) is 5.26 Å². The summed E-state index contributed by atoms with van der Waals surface area (Å²) >= 11 is 0. The van der Waals surface area contributed by atoms with E-state index in [0.717, 1.165) is 38.9 Å². The second-order valence-corrected chi connectivity index (χ2v) is 5.63. The normalized spacial score (nSPS) is 20.9. The molecule has 0 unspecified atom stereocenters. The van der Waals surface area contributed by atoms with Gasteiger partial charge in [-0.3, -0.25) is 0 Å². The Morgan fingerprint density at radius 1 is 1.25 bits per heavy atom. The van der Waals surface area contributed by atoms with Crippen LogP contribution in [0, 0.1) is 11.3 Å². The first-order valence-corrected chi connectivity index (χ1v) is 7.42. The number of hydrogen-bond acceptors (Lipinski definition) is 5. The van der Waals surface area contributed by atoms with Gasteiger partial charge in [0.15, 0.2) is 5.82 Å². The summed E-state index contributed by atoms with van der Waals surface area (Å²) in [6, 6.07) is 2.87. The molecule has 2 aliphatic rings. The van der Waals surface area contributed by atoms with E-state index in [4.69, 9.17) is 10.5 Å². The highest BCUT2D eigenvalue weighted by Gasteiger charge is 2.25. The van der Waals surface area contributed by atoms with E-state index in [1.54, 1.807) is 0 Å². The second-order valence-electron chi connectivity index (χ2n) is 5.63. The standard InChI is InChI=1S/C14H21N5O/c15-9-12-13(16)19(11-3-1-2-4-11)18-14(12)17-10-5-7-20-8-6-10/h10-11H,1-8,16H2,(H,17,18). The molecule has 1 saturated carbocycles. The Labute approximate surface area is 118 Å². The van der Waals surface area contributed by atoms with Gasteiger partial charge in [-0.05, 0) is 25.7 Å². The lowest BCUT2D eigenvalue weighted by Crippen LogP contribution is -2.28. The fraction of sp³-hybridized carbons (Fsp3) is 0.714. The van der Waals surface area contributed by atoms with Crippen LogP contribution in [0.5, 0.6) is 0 Å². The summed E-state index contributed by atoms with van der Waals surface area (Å²) < 4.78 is 7.20. The molecule has 1 aliphatic heterocycles. The van der Waals surface area contributed by atoms with Crippen LogP contribution in [0.2, 0.25) is 0 Å². The van der Waals surface area contributed by atoms with Gasteiger partial charge in [0.2, 0.25) is 0 Å². The first-order chi connectivity index (χ1) is 9.79. The minimum absolute atomic E-state index is 0.321. The quantitative estimate of drug-likeness (QED) is 0.881. The van der Waals surface area contributed by atoms with E-state index in [9.17, 15) is 5.26 Å². The molecule has 0 spiro atoms. The van der Waals surface area contributed by atoms with Crippen molar-refractivity contribution in [1.82, 2.24) is 9.78 Å². The maximum Gasteiger partial charge on any atom is 0.168 e. The van der Waals surface area contributed by atoms with E-state index in [2.05, 4.69) is 16.5 Å². The summed E-state index contributed by atoms with van der Waals surface area (Å²) in [6.07, 6.45) is 6.53. The smallest absolute Gasteiger partial charge is 0.168 e. The van der Waals surface area contributed by atoms with Gasteiger partial charge in [0, 0.05) is 19.3 Å². The minimum atomic E-state index is 0.321. The number of rotatable bonds is 3. The average Bonchev–Trinajstić information content (AvgIpc) is 3.08. The number of nitrogens with zero attached hydrogens (tertiary/aromatic N) is 3. The molecule has 0 atom stereocenters. The predicted molar refractivity (Wildman–Crippen MR) is 76.3 cm³/mol. The highest BCUT2D eigenvalue weighted by Crippen LogP contribution is 2.34. The lowest BCUT2D eigenvalue weighted by molar-refractivity contribution is 0.0903. The van der Waals surface area contributed by atoms with Crippen molar-refractivity contribution < 1.29 is 4.74 Å². The molecule has 3 N–H and O–H groups in total. The molecule has 20 heavy (non-hydrogen) atoms. The predicted octanol–water partition coefficient (Wildman–Crippen LogP) is 2.04. The van der Waals surface area contributed by atoms with Gasteiger partial charge in [-0.25, -0.2) is 4.68 Å². The number of nitriles is 1. The zero-order valence-electron chi connectivity index (χ0n) is 11.6. The van der Waals surface area contributed by atoms with E-state index in [0.29, 0.717) is 29.3 Å². The van der Waals surface area contributed by atoms with Gasteiger partial charge in [-0.2, -0.15) is 10.4 Å². The molecule has 0 radical (unpaired) electrons. The summed E-state index contributed by atoms with van der Waals surface area (Å²) in [6.45, 7) is 1.52. The van der Waals surface area contributed by atoms with Gasteiger partial charge >= 0.3 is 0 Å². The van der Waals surface area contributed by atoms with Gasteiger partial charge in [-0.15, -0.1) is 0 Å². The number of hydrogen-bond donors (Lipinski definition) is 2. The summed E-state index contributed by atoms with van der Waals surface area (Å²) in [5.41, 5.74) is 6.60. The third kappa shape index (κ3) is 2.46. The van der Waals surface area contributed by atoms with Crippen molar-refractivity contribution in [3.8, 4) is 6.07 Å². The number of nitrogens with one attached hydrogen (secondary N) is 1. The topological polar surface area (TPSA) is 88.9 Å². The molecular formula is C14H21N5O. The van der Waals surface area contributed by atoms with Crippen LogP contribution in [0.1, 0.15) is 50.1 Å². The number of ether oxygens (including phenoxy) is 1. The lowest BCUT2D eigenvalue weighted by Gasteiger charge is -2.23. The summed E-state index contributed by atoms with van der Waals surface area (Å²) in [5.74, 6) is 1.15. The molecule has 3 rings (SSSR count). The highest BCUT2D eigenvalue weighted by molar-refractivity contribution is 5.64. The van der Waals surface area contributed by atoms with E-state index >= 15 is 0 Å². The number of nitrogen functional groups attached to an aromatic ring is 1. The lowest BCUT2D eigenvalue weighted by atomic mass is 10.1. The molecule has 0 amide bonds. The highest BCUT2D eigenvalue weighted by atomic mass is 16.5. The Bertz CT molecular complexity index is 506. The zero-order valence-corrected chi connectivity index (χ0v) is 11.6. The minimum Gasteiger partial charge on any atom is -0.383 e. The van der Waals surface area contributed by atoms with Crippen LogP contribution in [0.15, 0.2) is 0 Å². The first kappa shape index (κ1) is 13.3. The van der Waals surface area contributed by atoms with Crippen molar-refractivity contribution >= 4 is 11.6 Å². The van der Waals surface area contributed by atoms with E-state index < -0.39 is 0 Å². The average molecular weight is 275 g/mol. The fourth-order valence-electron chi connectivity index (χ4n) is 3.12. The monoisotopic (exact) mass is 275 g/mol. The van der Waals surface area contributed by atoms with Crippen LogP contribution >= 0.6 is 0 Å². The SMILES string of the molecule is N#Cc1c(NC2CCOCC2)nn(C2CCCC2)c1N. The molecule has 0 bridgehead atoms.